The van der Waals surface area contributed by atoms with Gasteiger partial charge in [0.15, 0.2) is 0 Å². The molecule has 1 aromatic carbocycles. The molecular formula is C23H27N7O2. The quantitative estimate of drug-likeness (QED) is 0.500. The minimum Gasteiger partial charge on any atom is -0.383 e. The number of nitrogens with one attached hydrogen (secondary N) is 1. The van der Waals surface area contributed by atoms with Gasteiger partial charge in [-0.3, -0.25) is 14.6 Å². The summed E-state index contributed by atoms with van der Waals surface area (Å²) in [6.07, 6.45) is 6.03. The largest absolute Gasteiger partial charge is 0.383 e. The zero-order valence-electron chi connectivity index (χ0n) is 18.3. The predicted molar refractivity (Wildman–Crippen MR) is 123 cm³/mol. The van der Waals surface area contributed by atoms with Crippen molar-refractivity contribution in [3.8, 4) is 11.3 Å². The molecule has 0 bridgehead atoms. The maximum Gasteiger partial charge on any atom is 0.224 e. The van der Waals surface area contributed by atoms with E-state index < -0.39 is 0 Å². The minimum absolute atomic E-state index is 0.0891. The molecule has 1 unspecified atom stereocenters. The van der Waals surface area contributed by atoms with E-state index in [4.69, 9.17) is 15.6 Å². The summed E-state index contributed by atoms with van der Waals surface area (Å²) in [6, 6.07) is 7.83. The van der Waals surface area contributed by atoms with Gasteiger partial charge in [0, 0.05) is 50.0 Å². The van der Waals surface area contributed by atoms with Crippen molar-refractivity contribution in [3.63, 3.8) is 0 Å². The first kappa shape index (κ1) is 20.4. The number of piperidine rings is 1. The Morgan fingerprint density at radius 2 is 2.09 bits per heavy atom. The number of amides is 1. The van der Waals surface area contributed by atoms with Gasteiger partial charge in [0.2, 0.25) is 5.91 Å². The van der Waals surface area contributed by atoms with Gasteiger partial charge in [0.05, 0.1) is 28.7 Å². The van der Waals surface area contributed by atoms with Crippen molar-refractivity contribution < 1.29 is 9.53 Å². The van der Waals surface area contributed by atoms with Crippen LogP contribution in [0.15, 0.2) is 36.7 Å². The zero-order valence-corrected chi connectivity index (χ0v) is 18.3. The number of nitrogen functional groups attached to an aromatic ring is 1. The molecule has 166 valence electrons. The van der Waals surface area contributed by atoms with Crippen LogP contribution in [0.25, 0.3) is 33.1 Å². The number of ether oxygens (including phenoxy) is 1. The van der Waals surface area contributed by atoms with Crippen LogP contribution in [0.2, 0.25) is 0 Å². The van der Waals surface area contributed by atoms with Gasteiger partial charge in [-0.05, 0) is 38.0 Å². The topological polar surface area (TPSA) is 115 Å². The van der Waals surface area contributed by atoms with Gasteiger partial charge in [-0.2, -0.15) is 10.2 Å². The molecule has 1 amide bonds. The van der Waals surface area contributed by atoms with E-state index in [0.717, 1.165) is 59.0 Å². The molecule has 1 aliphatic heterocycles. The minimum atomic E-state index is -0.0891. The molecule has 32 heavy (non-hydrogen) atoms. The Hall–Kier alpha value is -3.46. The lowest BCUT2D eigenvalue weighted by Crippen LogP contribution is -2.41. The molecule has 1 atom stereocenters. The smallest absolute Gasteiger partial charge is 0.224 e. The van der Waals surface area contributed by atoms with Crippen molar-refractivity contribution in [1.29, 1.82) is 0 Å². The van der Waals surface area contributed by atoms with Gasteiger partial charge < -0.3 is 15.4 Å². The number of carbonyl (C=O) groups excluding carboxylic acids is 1. The average Bonchev–Trinajstić information content (AvgIpc) is 3.50. The van der Waals surface area contributed by atoms with Crippen LogP contribution in [0.5, 0.6) is 0 Å². The van der Waals surface area contributed by atoms with Crippen LogP contribution in [0.4, 0.5) is 5.82 Å². The number of likely N-dealkylation sites (tertiary alicyclic amines) is 1. The van der Waals surface area contributed by atoms with Crippen LogP contribution in [-0.2, 0) is 9.53 Å². The van der Waals surface area contributed by atoms with E-state index in [0.29, 0.717) is 12.2 Å². The van der Waals surface area contributed by atoms with E-state index >= 15 is 0 Å². The molecule has 1 aliphatic rings. The number of nitrogens with zero attached hydrogens (tertiary/aromatic N) is 5. The van der Waals surface area contributed by atoms with E-state index in [-0.39, 0.29) is 18.1 Å². The van der Waals surface area contributed by atoms with Gasteiger partial charge in [0.1, 0.15) is 11.3 Å². The molecule has 0 radical (unpaired) electrons. The number of rotatable bonds is 5. The first-order chi connectivity index (χ1) is 15.5. The molecule has 4 heterocycles. The third kappa shape index (κ3) is 3.69. The Balaban J connectivity index is 1.40. The summed E-state index contributed by atoms with van der Waals surface area (Å²) in [6.45, 7) is 3.49. The number of nitrogens with two attached hydrogens (primary N) is 1. The van der Waals surface area contributed by atoms with Crippen molar-refractivity contribution in [1.82, 2.24) is 29.9 Å². The maximum atomic E-state index is 12.8. The number of H-pyrrole nitrogens is 1. The predicted octanol–water partition coefficient (Wildman–Crippen LogP) is 3.15. The average molecular weight is 434 g/mol. The molecule has 5 rings (SSSR count). The Morgan fingerprint density at radius 3 is 2.81 bits per heavy atom. The third-order valence-electron chi connectivity index (χ3n) is 6.36. The van der Waals surface area contributed by atoms with E-state index in [9.17, 15) is 4.79 Å². The summed E-state index contributed by atoms with van der Waals surface area (Å²) in [5.41, 5.74) is 9.75. The summed E-state index contributed by atoms with van der Waals surface area (Å²) in [5.74, 6) is 0.576. The van der Waals surface area contributed by atoms with E-state index in [1.807, 2.05) is 47.0 Å². The van der Waals surface area contributed by atoms with Crippen LogP contribution in [-0.4, -0.2) is 62.1 Å². The van der Waals surface area contributed by atoms with Gasteiger partial charge >= 0.3 is 0 Å². The highest BCUT2D eigenvalue weighted by atomic mass is 16.5. The monoisotopic (exact) mass is 433 g/mol. The molecule has 4 aromatic rings. The van der Waals surface area contributed by atoms with Gasteiger partial charge in [0.25, 0.3) is 0 Å². The Bertz CT molecular complexity index is 1260. The number of fused-ring (bicyclic) bond motifs is 3. The molecule has 0 saturated carbocycles. The summed E-state index contributed by atoms with van der Waals surface area (Å²) in [5, 5.41) is 13.5. The van der Waals surface area contributed by atoms with Crippen LogP contribution >= 0.6 is 0 Å². The lowest BCUT2D eigenvalue weighted by atomic mass is 10.1. The fraction of sp³-hybridized carbons (Fsp3) is 0.391. The van der Waals surface area contributed by atoms with Crippen molar-refractivity contribution in [3.05, 3.63) is 36.7 Å². The van der Waals surface area contributed by atoms with E-state index in [1.54, 1.807) is 13.3 Å². The summed E-state index contributed by atoms with van der Waals surface area (Å²) in [4.78, 5) is 19.3. The SMILES string of the molecule is COC1CCN(C(=O)CC(C)n2cc3c(N)nc4cc(-c5ccn[nH]5)ccc4c3n2)CC1. The normalized spacial score (nSPS) is 16.1. The molecule has 3 aromatic heterocycles. The van der Waals surface area contributed by atoms with Gasteiger partial charge in [-0.15, -0.1) is 0 Å². The van der Waals surface area contributed by atoms with Crippen molar-refractivity contribution in [2.75, 3.05) is 25.9 Å². The second-order valence-electron chi connectivity index (χ2n) is 8.44. The number of hydrogen-bond donors (Lipinski definition) is 2. The van der Waals surface area contributed by atoms with Crippen LogP contribution in [0.3, 0.4) is 0 Å². The van der Waals surface area contributed by atoms with E-state index in [1.165, 1.54) is 0 Å². The number of pyridine rings is 1. The Kier molecular flexibility index (Phi) is 5.26. The molecule has 9 heteroatoms. The lowest BCUT2D eigenvalue weighted by molar-refractivity contribution is -0.134. The maximum absolute atomic E-state index is 12.8. The van der Waals surface area contributed by atoms with Gasteiger partial charge in [-0.1, -0.05) is 6.07 Å². The van der Waals surface area contributed by atoms with Crippen LogP contribution < -0.4 is 5.73 Å². The standard InChI is InChI=1S/C23H27N7O2/c1-14(11-21(31)29-9-6-16(32-2)7-10-29)30-13-18-22(28-30)17-4-3-15(19-5-8-25-27-19)12-20(17)26-23(18)24/h3-5,8,12-14,16H,6-7,9-11H2,1-2H3,(H2,24,26)(H,25,27). The first-order valence-corrected chi connectivity index (χ1v) is 10.9. The van der Waals surface area contributed by atoms with Crippen LogP contribution in [0.1, 0.15) is 32.2 Å². The molecular weight excluding hydrogens is 406 g/mol. The molecule has 1 fully saturated rings. The Labute approximate surface area is 185 Å². The third-order valence-corrected chi connectivity index (χ3v) is 6.36. The molecule has 0 aliphatic carbocycles. The second kappa shape index (κ2) is 8.23. The fourth-order valence-corrected chi connectivity index (χ4v) is 4.42. The highest BCUT2D eigenvalue weighted by Crippen LogP contribution is 2.31. The fourth-order valence-electron chi connectivity index (χ4n) is 4.42. The Morgan fingerprint density at radius 1 is 1.28 bits per heavy atom. The highest BCUT2D eigenvalue weighted by Gasteiger charge is 2.24. The van der Waals surface area contributed by atoms with Crippen molar-refractivity contribution in [2.24, 2.45) is 0 Å². The molecule has 1 saturated heterocycles. The number of carbonyl (C=O) groups is 1. The summed E-state index contributed by atoms with van der Waals surface area (Å²) < 4.78 is 7.24. The summed E-state index contributed by atoms with van der Waals surface area (Å²) >= 11 is 0. The second-order valence-corrected chi connectivity index (χ2v) is 8.44. The first-order valence-electron chi connectivity index (χ1n) is 10.9. The highest BCUT2D eigenvalue weighted by molar-refractivity contribution is 6.08. The molecule has 3 N–H and O–H groups in total. The zero-order chi connectivity index (χ0) is 22.2. The number of anilines is 1. The number of hydrogen-bond acceptors (Lipinski definition) is 6. The number of benzene rings is 1. The van der Waals surface area contributed by atoms with Crippen molar-refractivity contribution in [2.45, 2.75) is 38.3 Å². The van der Waals surface area contributed by atoms with Crippen LogP contribution in [0, 0.1) is 0 Å². The number of aromatic nitrogens is 5. The lowest BCUT2D eigenvalue weighted by Gasteiger charge is -2.32. The summed E-state index contributed by atoms with van der Waals surface area (Å²) in [7, 11) is 1.73. The number of aromatic amines is 1. The van der Waals surface area contributed by atoms with E-state index in [2.05, 4.69) is 15.2 Å². The van der Waals surface area contributed by atoms with Gasteiger partial charge in [-0.25, -0.2) is 4.98 Å². The number of methoxy groups -OCH3 is 1. The molecule has 9 nitrogen and oxygen atoms in total. The van der Waals surface area contributed by atoms with Crippen molar-refractivity contribution >= 4 is 33.5 Å². The molecule has 0 spiro atoms.